The Bertz CT molecular complexity index is 349. The molecule has 16 heavy (non-hydrogen) atoms. The highest BCUT2D eigenvalue weighted by atomic mass is 79.9. The van der Waals surface area contributed by atoms with Gasteiger partial charge in [-0.25, -0.2) is 0 Å². The van der Waals surface area contributed by atoms with Crippen LogP contribution in [0.3, 0.4) is 0 Å². The van der Waals surface area contributed by atoms with Crippen LogP contribution >= 0.6 is 31.9 Å². The number of aromatic nitrogens is 2. The lowest BCUT2D eigenvalue weighted by atomic mass is 10.1. The zero-order chi connectivity index (χ0) is 12.3. The number of hydrogen-bond acceptors (Lipinski definition) is 2. The van der Waals surface area contributed by atoms with E-state index in [0.717, 1.165) is 22.0 Å². The normalized spacial score (nSPS) is 15.1. The third-order valence-corrected chi connectivity index (χ3v) is 5.00. The van der Waals surface area contributed by atoms with E-state index in [2.05, 4.69) is 56.1 Å². The van der Waals surface area contributed by atoms with E-state index < -0.39 is 0 Å². The molecule has 0 aromatic carbocycles. The molecule has 0 aliphatic heterocycles. The van der Waals surface area contributed by atoms with Gasteiger partial charge in [-0.2, -0.15) is 5.10 Å². The first-order chi connectivity index (χ1) is 7.47. The number of halogens is 2. The second-order valence-electron chi connectivity index (χ2n) is 4.27. The first-order valence-electron chi connectivity index (χ1n) is 5.44. The summed E-state index contributed by atoms with van der Waals surface area (Å²) >= 11 is 7.08. The van der Waals surface area contributed by atoms with Gasteiger partial charge in [0.25, 0.3) is 0 Å². The summed E-state index contributed by atoms with van der Waals surface area (Å²) in [6.45, 7) is 7.30. The minimum atomic E-state index is 0.487. The van der Waals surface area contributed by atoms with Gasteiger partial charge in [-0.05, 0) is 35.7 Å². The molecule has 2 atom stereocenters. The van der Waals surface area contributed by atoms with Crippen LogP contribution < -0.4 is 5.32 Å². The van der Waals surface area contributed by atoms with Crippen LogP contribution in [0.15, 0.2) is 4.47 Å². The van der Waals surface area contributed by atoms with E-state index in [1.807, 2.05) is 18.7 Å². The number of rotatable bonds is 5. The summed E-state index contributed by atoms with van der Waals surface area (Å²) < 4.78 is 3.04. The number of nitrogens with one attached hydrogen (secondary N) is 1. The third kappa shape index (κ3) is 3.31. The van der Waals surface area contributed by atoms with Gasteiger partial charge in [-0.15, -0.1) is 0 Å². The molecule has 2 unspecified atom stereocenters. The first-order valence-corrected chi connectivity index (χ1v) is 7.36. The van der Waals surface area contributed by atoms with Gasteiger partial charge in [0.15, 0.2) is 0 Å². The minimum absolute atomic E-state index is 0.487. The van der Waals surface area contributed by atoms with Crippen LogP contribution in [0.2, 0.25) is 0 Å². The maximum absolute atomic E-state index is 4.37. The molecule has 5 heteroatoms. The van der Waals surface area contributed by atoms with Crippen molar-refractivity contribution in [3.8, 4) is 0 Å². The fourth-order valence-electron chi connectivity index (χ4n) is 1.46. The molecule has 0 aliphatic rings. The molecule has 0 aliphatic carbocycles. The molecule has 0 amide bonds. The Labute approximate surface area is 114 Å². The molecule has 1 aromatic rings. The lowest BCUT2D eigenvalue weighted by Crippen LogP contribution is -2.33. The summed E-state index contributed by atoms with van der Waals surface area (Å²) in [6.07, 6.45) is 0. The van der Waals surface area contributed by atoms with Gasteiger partial charge in [0.1, 0.15) is 0 Å². The molecule has 3 nitrogen and oxygen atoms in total. The van der Waals surface area contributed by atoms with E-state index in [0.29, 0.717) is 12.0 Å². The number of hydrogen-bond donors (Lipinski definition) is 1. The Morgan fingerprint density at radius 1 is 1.44 bits per heavy atom. The SMILES string of the molecule is Cc1nn(C)c(CNC(C)C(C)CBr)c1Br. The Kier molecular flexibility index (Phi) is 5.47. The molecule has 0 radical (unpaired) electrons. The lowest BCUT2D eigenvalue weighted by Gasteiger charge is -2.19. The van der Waals surface area contributed by atoms with E-state index in [1.165, 1.54) is 5.69 Å². The van der Waals surface area contributed by atoms with Crippen LogP contribution in [-0.2, 0) is 13.6 Å². The molecule has 1 aromatic heterocycles. The fraction of sp³-hybridized carbons (Fsp3) is 0.727. The van der Waals surface area contributed by atoms with Crippen molar-refractivity contribution in [3.05, 3.63) is 15.9 Å². The van der Waals surface area contributed by atoms with Crippen LogP contribution in [0.4, 0.5) is 0 Å². The summed E-state index contributed by atoms with van der Waals surface area (Å²) in [7, 11) is 1.98. The number of alkyl halides is 1. The van der Waals surface area contributed by atoms with Gasteiger partial charge >= 0.3 is 0 Å². The summed E-state index contributed by atoms with van der Waals surface area (Å²) in [5.41, 5.74) is 2.24. The monoisotopic (exact) mass is 351 g/mol. The highest BCUT2D eigenvalue weighted by molar-refractivity contribution is 9.10. The molecule has 0 saturated heterocycles. The predicted octanol–water partition coefficient (Wildman–Crippen LogP) is 3.00. The lowest BCUT2D eigenvalue weighted by molar-refractivity contribution is 0.426. The molecule has 1 heterocycles. The van der Waals surface area contributed by atoms with Crippen LogP contribution in [0.1, 0.15) is 25.2 Å². The Morgan fingerprint density at radius 2 is 2.06 bits per heavy atom. The maximum atomic E-state index is 4.37. The van der Waals surface area contributed by atoms with Crippen molar-refractivity contribution < 1.29 is 0 Å². The Balaban J connectivity index is 2.61. The van der Waals surface area contributed by atoms with Gasteiger partial charge in [-0.1, -0.05) is 22.9 Å². The molecule has 0 fully saturated rings. The smallest absolute Gasteiger partial charge is 0.0739 e. The zero-order valence-electron chi connectivity index (χ0n) is 10.2. The van der Waals surface area contributed by atoms with Crippen LogP contribution in [0.5, 0.6) is 0 Å². The summed E-state index contributed by atoms with van der Waals surface area (Å²) in [6, 6.07) is 0.487. The van der Waals surface area contributed by atoms with Crippen molar-refractivity contribution in [2.75, 3.05) is 5.33 Å². The Morgan fingerprint density at radius 3 is 2.50 bits per heavy atom. The van der Waals surface area contributed by atoms with Crippen molar-refractivity contribution >= 4 is 31.9 Å². The Hall–Kier alpha value is 0.130. The van der Waals surface area contributed by atoms with Crippen molar-refractivity contribution in [3.63, 3.8) is 0 Å². The van der Waals surface area contributed by atoms with Crippen LogP contribution in [-0.4, -0.2) is 21.2 Å². The molecule has 0 bridgehead atoms. The van der Waals surface area contributed by atoms with Gasteiger partial charge in [0.05, 0.1) is 15.9 Å². The van der Waals surface area contributed by atoms with Crippen LogP contribution in [0.25, 0.3) is 0 Å². The summed E-state index contributed by atoms with van der Waals surface area (Å²) in [5, 5.41) is 8.92. The van der Waals surface area contributed by atoms with E-state index in [-0.39, 0.29) is 0 Å². The summed E-state index contributed by atoms with van der Waals surface area (Å²) in [4.78, 5) is 0. The standard InChI is InChI=1S/C11H19Br2N3/c1-7(5-12)8(2)14-6-10-11(13)9(3)15-16(10)4/h7-8,14H,5-6H2,1-4H3. The van der Waals surface area contributed by atoms with Gasteiger partial charge in [0.2, 0.25) is 0 Å². The average molecular weight is 353 g/mol. The molecule has 1 N–H and O–H groups in total. The van der Waals surface area contributed by atoms with E-state index >= 15 is 0 Å². The number of nitrogens with zero attached hydrogens (tertiary/aromatic N) is 2. The van der Waals surface area contributed by atoms with E-state index in [1.54, 1.807) is 0 Å². The second-order valence-corrected chi connectivity index (χ2v) is 5.71. The highest BCUT2D eigenvalue weighted by Crippen LogP contribution is 2.20. The van der Waals surface area contributed by atoms with Crippen molar-refractivity contribution in [2.24, 2.45) is 13.0 Å². The minimum Gasteiger partial charge on any atom is -0.308 e. The summed E-state index contributed by atoms with van der Waals surface area (Å²) in [5.74, 6) is 0.619. The van der Waals surface area contributed by atoms with Gasteiger partial charge in [-0.3, -0.25) is 4.68 Å². The molecule has 0 spiro atoms. The average Bonchev–Trinajstić information content (AvgIpc) is 2.49. The van der Waals surface area contributed by atoms with E-state index in [4.69, 9.17) is 0 Å². The van der Waals surface area contributed by atoms with E-state index in [9.17, 15) is 0 Å². The van der Waals surface area contributed by atoms with Gasteiger partial charge < -0.3 is 5.32 Å². The quantitative estimate of drug-likeness (QED) is 0.825. The largest absolute Gasteiger partial charge is 0.308 e. The molecule has 92 valence electrons. The first kappa shape index (κ1) is 14.2. The van der Waals surface area contributed by atoms with Crippen molar-refractivity contribution in [2.45, 2.75) is 33.4 Å². The maximum Gasteiger partial charge on any atom is 0.0739 e. The van der Waals surface area contributed by atoms with Crippen LogP contribution in [0, 0.1) is 12.8 Å². The fourth-order valence-corrected chi connectivity index (χ4v) is 2.50. The molecule has 0 saturated carbocycles. The molecular weight excluding hydrogens is 334 g/mol. The topological polar surface area (TPSA) is 29.9 Å². The van der Waals surface area contributed by atoms with Gasteiger partial charge in [0, 0.05) is 25.0 Å². The van der Waals surface area contributed by atoms with Crippen molar-refractivity contribution in [1.82, 2.24) is 15.1 Å². The second kappa shape index (κ2) is 6.17. The third-order valence-electron chi connectivity index (χ3n) is 2.95. The highest BCUT2D eigenvalue weighted by Gasteiger charge is 2.14. The zero-order valence-corrected chi connectivity index (χ0v) is 13.4. The predicted molar refractivity (Wildman–Crippen MR) is 74.9 cm³/mol. The van der Waals surface area contributed by atoms with Crippen molar-refractivity contribution in [1.29, 1.82) is 0 Å². The number of aryl methyl sites for hydroxylation is 2. The molecular formula is C11H19Br2N3. The molecule has 1 rings (SSSR count).